The fourth-order valence-electron chi connectivity index (χ4n) is 1.88. The van der Waals surface area contributed by atoms with Gasteiger partial charge < -0.3 is 14.9 Å². The van der Waals surface area contributed by atoms with E-state index in [0.717, 1.165) is 18.6 Å². The lowest BCUT2D eigenvalue weighted by Gasteiger charge is -2.16. The SMILES string of the molecule is COC(=O)c1ccc(C2(C(C)N)CC2)o1. The van der Waals surface area contributed by atoms with E-state index in [4.69, 9.17) is 10.2 Å². The van der Waals surface area contributed by atoms with Crippen molar-refractivity contribution < 1.29 is 13.9 Å². The maximum absolute atomic E-state index is 11.2. The molecule has 0 saturated heterocycles. The van der Waals surface area contributed by atoms with E-state index in [1.54, 1.807) is 6.07 Å². The summed E-state index contributed by atoms with van der Waals surface area (Å²) in [5, 5.41) is 0. The molecule has 1 aliphatic carbocycles. The summed E-state index contributed by atoms with van der Waals surface area (Å²) in [5.74, 6) is 0.610. The number of furan rings is 1. The highest BCUT2D eigenvalue weighted by molar-refractivity contribution is 5.86. The Kier molecular flexibility index (Phi) is 2.31. The Bertz CT molecular complexity index is 377. The number of carbonyl (C=O) groups excluding carboxylic acids is 1. The van der Waals surface area contributed by atoms with Gasteiger partial charge >= 0.3 is 5.97 Å². The number of esters is 1. The van der Waals surface area contributed by atoms with Crippen molar-refractivity contribution in [1.29, 1.82) is 0 Å². The lowest BCUT2D eigenvalue weighted by Crippen LogP contribution is -2.31. The number of carbonyl (C=O) groups is 1. The molecule has 4 heteroatoms. The van der Waals surface area contributed by atoms with Crippen LogP contribution in [-0.4, -0.2) is 19.1 Å². The average molecular weight is 209 g/mol. The van der Waals surface area contributed by atoms with Crippen molar-refractivity contribution in [2.24, 2.45) is 5.73 Å². The minimum absolute atomic E-state index is 0.0493. The zero-order valence-corrected chi connectivity index (χ0v) is 8.95. The van der Waals surface area contributed by atoms with Gasteiger partial charge in [-0.3, -0.25) is 0 Å². The van der Waals surface area contributed by atoms with Crippen LogP contribution >= 0.6 is 0 Å². The third kappa shape index (κ3) is 1.55. The van der Waals surface area contributed by atoms with Crippen molar-refractivity contribution in [2.45, 2.75) is 31.2 Å². The molecule has 1 atom stereocenters. The molecule has 1 heterocycles. The predicted molar refractivity (Wildman–Crippen MR) is 54.6 cm³/mol. The van der Waals surface area contributed by atoms with E-state index < -0.39 is 5.97 Å². The summed E-state index contributed by atoms with van der Waals surface area (Å²) in [6.45, 7) is 1.97. The standard InChI is InChI=1S/C11H15NO3/c1-7(12)11(5-6-11)9-4-3-8(15-9)10(13)14-2/h3-4,7H,5-6,12H2,1-2H3. The first kappa shape index (κ1) is 10.2. The zero-order valence-electron chi connectivity index (χ0n) is 8.95. The smallest absolute Gasteiger partial charge is 0.373 e. The zero-order chi connectivity index (χ0) is 11.1. The van der Waals surface area contributed by atoms with Crippen LogP contribution in [0.4, 0.5) is 0 Å². The van der Waals surface area contributed by atoms with Crippen LogP contribution in [0.1, 0.15) is 36.1 Å². The summed E-state index contributed by atoms with van der Waals surface area (Å²) in [5.41, 5.74) is 5.86. The first-order chi connectivity index (χ1) is 7.10. The molecule has 1 saturated carbocycles. The lowest BCUT2D eigenvalue weighted by molar-refractivity contribution is 0.0561. The third-order valence-electron chi connectivity index (χ3n) is 3.14. The quantitative estimate of drug-likeness (QED) is 0.765. The number of hydrogen-bond acceptors (Lipinski definition) is 4. The number of methoxy groups -OCH3 is 1. The molecule has 1 aromatic rings. The van der Waals surface area contributed by atoms with Gasteiger partial charge in [0.25, 0.3) is 0 Å². The Morgan fingerprint density at radius 3 is 2.73 bits per heavy atom. The third-order valence-corrected chi connectivity index (χ3v) is 3.14. The average Bonchev–Trinajstić information content (AvgIpc) is 2.90. The molecule has 0 bridgehead atoms. The molecule has 82 valence electrons. The lowest BCUT2D eigenvalue weighted by atomic mass is 9.96. The van der Waals surface area contributed by atoms with Gasteiger partial charge in [0.1, 0.15) is 5.76 Å². The van der Waals surface area contributed by atoms with Gasteiger partial charge in [-0.25, -0.2) is 4.79 Å². The van der Waals surface area contributed by atoms with Gasteiger partial charge in [-0.05, 0) is 31.9 Å². The molecule has 0 aliphatic heterocycles. The van der Waals surface area contributed by atoms with Crippen LogP contribution in [0.25, 0.3) is 0 Å². The van der Waals surface area contributed by atoms with Gasteiger partial charge in [0.2, 0.25) is 5.76 Å². The molecule has 2 N–H and O–H groups in total. The molecular formula is C11H15NO3. The predicted octanol–water partition coefficient (Wildman–Crippen LogP) is 1.45. The Labute approximate surface area is 88.4 Å². The summed E-state index contributed by atoms with van der Waals surface area (Å²) < 4.78 is 10.0. The highest BCUT2D eigenvalue weighted by Gasteiger charge is 2.50. The molecule has 1 fully saturated rings. The Hall–Kier alpha value is -1.29. The van der Waals surface area contributed by atoms with Crippen molar-refractivity contribution in [3.63, 3.8) is 0 Å². The summed E-state index contributed by atoms with van der Waals surface area (Å²) in [4.78, 5) is 11.2. The molecule has 1 aromatic heterocycles. The Balaban J connectivity index is 2.24. The van der Waals surface area contributed by atoms with Crippen LogP contribution in [0.2, 0.25) is 0 Å². The summed E-state index contributed by atoms with van der Waals surface area (Å²) in [7, 11) is 1.34. The van der Waals surface area contributed by atoms with E-state index in [2.05, 4.69) is 4.74 Å². The second-order valence-electron chi connectivity index (χ2n) is 4.10. The van der Waals surface area contributed by atoms with E-state index in [0.29, 0.717) is 0 Å². The molecule has 0 spiro atoms. The highest BCUT2D eigenvalue weighted by Crippen LogP contribution is 2.50. The van der Waals surface area contributed by atoms with Crippen LogP contribution in [-0.2, 0) is 10.2 Å². The summed E-state index contributed by atoms with van der Waals surface area (Å²) in [6, 6.07) is 3.51. The van der Waals surface area contributed by atoms with Gasteiger partial charge in [-0.15, -0.1) is 0 Å². The monoisotopic (exact) mass is 209 g/mol. The van der Waals surface area contributed by atoms with Crippen molar-refractivity contribution >= 4 is 5.97 Å². The van der Waals surface area contributed by atoms with Crippen molar-refractivity contribution in [2.75, 3.05) is 7.11 Å². The first-order valence-corrected chi connectivity index (χ1v) is 5.04. The van der Waals surface area contributed by atoms with Crippen molar-refractivity contribution in [1.82, 2.24) is 0 Å². The van der Waals surface area contributed by atoms with Crippen LogP contribution in [0.15, 0.2) is 16.5 Å². The number of nitrogens with two attached hydrogens (primary N) is 1. The van der Waals surface area contributed by atoms with E-state index in [9.17, 15) is 4.79 Å². The number of hydrogen-bond donors (Lipinski definition) is 1. The number of rotatable bonds is 3. The van der Waals surface area contributed by atoms with Gasteiger partial charge in [-0.2, -0.15) is 0 Å². The number of ether oxygens (including phenoxy) is 1. The summed E-state index contributed by atoms with van der Waals surface area (Å²) >= 11 is 0. The van der Waals surface area contributed by atoms with E-state index >= 15 is 0 Å². The molecular weight excluding hydrogens is 194 g/mol. The molecule has 0 radical (unpaired) electrons. The second kappa shape index (κ2) is 3.38. The first-order valence-electron chi connectivity index (χ1n) is 5.04. The fraction of sp³-hybridized carbons (Fsp3) is 0.545. The van der Waals surface area contributed by atoms with Crippen molar-refractivity contribution in [3.05, 3.63) is 23.7 Å². The molecule has 1 unspecified atom stereocenters. The summed E-state index contributed by atoms with van der Waals surface area (Å²) in [6.07, 6.45) is 2.05. The Morgan fingerprint density at radius 2 is 2.27 bits per heavy atom. The van der Waals surface area contributed by atoms with E-state index in [1.807, 2.05) is 13.0 Å². The molecule has 4 nitrogen and oxygen atoms in total. The van der Waals surface area contributed by atoms with E-state index in [1.165, 1.54) is 7.11 Å². The van der Waals surface area contributed by atoms with Crippen LogP contribution in [0.3, 0.4) is 0 Å². The van der Waals surface area contributed by atoms with Crippen LogP contribution < -0.4 is 5.73 Å². The van der Waals surface area contributed by atoms with E-state index in [-0.39, 0.29) is 17.2 Å². The molecule has 0 aromatic carbocycles. The second-order valence-corrected chi connectivity index (χ2v) is 4.10. The molecule has 15 heavy (non-hydrogen) atoms. The molecule has 0 amide bonds. The Morgan fingerprint density at radius 1 is 1.60 bits per heavy atom. The van der Waals surface area contributed by atoms with Crippen LogP contribution in [0.5, 0.6) is 0 Å². The topological polar surface area (TPSA) is 65.5 Å². The normalized spacial score (nSPS) is 19.7. The minimum atomic E-state index is -0.443. The molecule has 2 rings (SSSR count). The van der Waals surface area contributed by atoms with Gasteiger partial charge in [0.15, 0.2) is 0 Å². The van der Waals surface area contributed by atoms with Crippen molar-refractivity contribution in [3.8, 4) is 0 Å². The molecule has 1 aliphatic rings. The fourth-order valence-corrected chi connectivity index (χ4v) is 1.88. The highest BCUT2D eigenvalue weighted by atomic mass is 16.5. The maximum Gasteiger partial charge on any atom is 0.373 e. The van der Waals surface area contributed by atoms with Gasteiger partial charge in [0.05, 0.1) is 7.11 Å². The van der Waals surface area contributed by atoms with Gasteiger partial charge in [0, 0.05) is 11.5 Å². The largest absolute Gasteiger partial charge is 0.463 e. The van der Waals surface area contributed by atoms with Crippen LogP contribution in [0, 0.1) is 0 Å². The maximum atomic E-state index is 11.2. The van der Waals surface area contributed by atoms with Gasteiger partial charge in [-0.1, -0.05) is 0 Å². The minimum Gasteiger partial charge on any atom is -0.463 e.